The van der Waals surface area contributed by atoms with Crippen LogP contribution in [0.15, 0.2) is 46.3 Å². The van der Waals surface area contributed by atoms with Gasteiger partial charge in [-0.3, -0.25) is 0 Å². The van der Waals surface area contributed by atoms with Gasteiger partial charge >= 0.3 is 0 Å². The Morgan fingerprint density at radius 1 is 1.21 bits per heavy atom. The van der Waals surface area contributed by atoms with Gasteiger partial charge in [-0.15, -0.1) is 11.3 Å². The summed E-state index contributed by atoms with van der Waals surface area (Å²) in [5.74, 6) is 0.558. The molecule has 2 heterocycles. The van der Waals surface area contributed by atoms with Crippen molar-refractivity contribution >= 4 is 33.0 Å². The summed E-state index contributed by atoms with van der Waals surface area (Å²) in [5, 5.41) is 2.15. The van der Waals surface area contributed by atoms with Gasteiger partial charge < -0.3 is 10.6 Å². The Morgan fingerprint density at radius 2 is 2.11 bits per heavy atom. The number of anilines is 1. The molecule has 1 fully saturated rings. The Hall–Kier alpha value is -0.840. The molecule has 1 saturated heterocycles. The third-order valence-corrected chi connectivity index (χ3v) is 5.13. The maximum Gasteiger partial charge on any atom is 0.0378 e. The van der Waals surface area contributed by atoms with Crippen LogP contribution < -0.4 is 10.6 Å². The van der Waals surface area contributed by atoms with E-state index in [0.29, 0.717) is 5.92 Å². The first-order valence-corrected chi connectivity index (χ1v) is 8.19. The van der Waals surface area contributed by atoms with E-state index < -0.39 is 0 Å². The number of hydrogen-bond acceptors (Lipinski definition) is 3. The van der Waals surface area contributed by atoms with Crippen LogP contribution in [0.3, 0.4) is 0 Å². The van der Waals surface area contributed by atoms with E-state index in [0.717, 1.165) is 24.0 Å². The van der Waals surface area contributed by atoms with Crippen molar-refractivity contribution < 1.29 is 0 Å². The van der Waals surface area contributed by atoms with Gasteiger partial charge in [0.25, 0.3) is 0 Å². The lowest BCUT2D eigenvalue weighted by atomic mass is 9.93. The molecule has 1 aliphatic heterocycles. The van der Waals surface area contributed by atoms with Crippen LogP contribution in [-0.4, -0.2) is 19.1 Å². The van der Waals surface area contributed by atoms with Gasteiger partial charge in [-0.2, -0.15) is 0 Å². The van der Waals surface area contributed by atoms with E-state index in [1.807, 2.05) is 11.3 Å². The van der Waals surface area contributed by atoms with Crippen molar-refractivity contribution in [2.45, 2.75) is 18.4 Å². The Balaban J connectivity index is 1.83. The van der Waals surface area contributed by atoms with Crippen LogP contribution in [-0.2, 0) is 0 Å². The van der Waals surface area contributed by atoms with Crippen LogP contribution in [0.5, 0.6) is 0 Å². The molecule has 1 aliphatic rings. The predicted octanol–water partition coefficient (Wildman–Crippen LogP) is 3.83. The van der Waals surface area contributed by atoms with Gasteiger partial charge in [0.2, 0.25) is 0 Å². The monoisotopic (exact) mass is 336 g/mol. The minimum absolute atomic E-state index is 0.250. The summed E-state index contributed by atoms with van der Waals surface area (Å²) in [6, 6.07) is 13.1. The van der Waals surface area contributed by atoms with Crippen molar-refractivity contribution in [1.82, 2.24) is 0 Å². The predicted molar refractivity (Wildman–Crippen MR) is 86.0 cm³/mol. The molecular formula is C15H17BrN2S. The van der Waals surface area contributed by atoms with E-state index in [9.17, 15) is 0 Å². The zero-order valence-corrected chi connectivity index (χ0v) is 13.0. The third kappa shape index (κ3) is 3.02. The zero-order chi connectivity index (χ0) is 13.2. The van der Waals surface area contributed by atoms with E-state index in [-0.39, 0.29) is 6.04 Å². The van der Waals surface area contributed by atoms with Crippen LogP contribution >= 0.6 is 27.3 Å². The number of piperidine rings is 1. The summed E-state index contributed by atoms with van der Waals surface area (Å²) < 4.78 is 1.12. The summed E-state index contributed by atoms with van der Waals surface area (Å²) in [6.07, 6.45) is 1.09. The number of rotatable bonds is 2. The molecular weight excluding hydrogens is 320 g/mol. The Labute approximate surface area is 126 Å². The molecule has 2 atom stereocenters. The molecule has 3 rings (SSSR count). The van der Waals surface area contributed by atoms with Gasteiger partial charge in [-0.25, -0.2) is 0 Å². The van der Waals surface area contributed by atoms with Crippen LogP contribution in [0.25, 0.3) is 0 Å². The molecule has 19 heavy (non-hydrogen) atoms. The highest BCUT2D eigenvalue weighted by Crippen LogP contribution is 2.32. The molecule has 2 N–H and O–H groups in total. The summed E-state index contributed by atoms with van der Waals surface area (Å²) in [7, 11) is 0. The lowest BCUT2D eigenvalue weighted by Crippen LogP contribution is -2.46. The molecule has 0 radical (unpaired) electrons. The van der Waals surface area contributed by atoms with Crippen molar-refractivity contribution in [2.75, 3.05) is 18.0 Å². The maximum atomic E-state index is 6.25. The first kappa shape index (κ1) is 13.2. The Bertz CT molecular complexity index is 541. The topological polar surface area (TPSA) is 29.3 Å². The number of hydrogen-bond donors (Lipinski definition) is 1. The molecule has 0 amide bonds. The van der Waals surface area contributed by atoms with Crippen molar-refractivity contribution in [2.24, 2.45) is 5.73 Å². The average molecular weight is 337 g/mol. The smallest absolute Gasteiger partial charge is 0.0378 e. The molecule has 0 spiro atoms. The Kier molecular flexibility index (Phi) is 3.91. The summed E-state index contributed by atoms with van der Waals surface area (Å²) >= 11 is 5.38. The molecule has 100 valence electrons. The molecule has 1 aromatic carbocycles. The van der Waals surface area contributed by atoms with Crippen molar-refractivity contribution in [3.63, 3.8) is 0 Å². The molecule has 0 saturated carbocycles. The lowest BCUT2D eigenvalue weighted by molar-refractivity contribution is 0.458. The van der Waals surface area contributed by atoms with Crippen LogP contribution in [0.2, 0.25) is 0 Å². The largest absolute Gasteiger partial charge is 0.369 e. The van der Waals surface area contributed by atoms with Crippen molar-refractivity contribution in [3.05, 3.63) is 51.1 Å². The van der Waals surface area contributed by atoms with Gasteiger partial charge in [0.05, 0.1) is 0 Å². The highest BCUT2D eigenvalue weighted by Gasteiger charge is 2.26. The molecule has 0 bridgehead atoms. The van der Waals surface area contributed by atoms with E-state index in [4.69, 9.17) is 5.73 Å². The number of nitrogens with two attached hydrogens (primary N) is 1. The second kappa shape index (κ2) is 5.65. The minimum atomic E-state index is 0.250. The van der Waals surface area contributed by atoms with Crippen LogP contribution in [0.1, 0.15) is 17.2 Å². The maximum absolute atomic E-state index is 6.25. The molecule has 2 aromatic rings. The van der Waals surface area contributed by atoms with E-state index >= 15 is 0 Å². The van der Waals surface area contributed by atoms with Crippen LogP contribution in [0, 0.1) is 0 Å². The second-order valence-corrected chi connectivity index (χ2v) is 6.99. The number of halogens is 1. The number of benzene rings is 1. The highest BCUT2D eigenvalue weighted by atomic mass is 79.9. The third-order valence-electron chi connectivity index (χ3n) is 3.60. The average Bonchev–Trinajstić information content (AvgIpc) is 2.92. The minimum Gasteiger partial charge on any atom is -0.369 e. The van der Waals surface area contributed by atoms with Gasteiger partial charge in [0.1, 0.15) is 0 Å². The molecule has 0 aliphatic carbocycles. The van der Waals surface area contributed by atoms with Gasteiger partial charge in [-0.1, -0.05) is 28.1 Å². The normalized spacial score (nSPS) is 23.6. The summed E-state index contributed by atoms with van der Waals surface area (Å²) in [6.45, 7) is 2.00. The van der Waals surface area contributed by atoms with E-state index in [2.05, 4.69) is 62.6 Å². The van der Waals surface area contributed by atoms with Crippen molar-refractivity contribution in [1.29, 1.82) is 0 Å². The van der Waals surface area contributed by atoms with Gasteiger partial charge in [0.15, 0.2) is 0 Å². The SMILES string of the molecule is NC1CC(c2cccs2)CN(c2cccc(Br)c2)C1. The first-order valence-electron chi connectivity index (χ1n) is 6.52. The lowest BCUT2D eigenvalue weighted by Gasteiger charge is -2.37. The second-order valence-electron chi connectivity index (χ2n) is 5.09. The first-order chi connectivity index (χ1) is 9.22. The summed E-state index contributed by atoms with van der Waals surface area (Å²) in [4.78, 5) is 3.86. The fraction of sp³-hybridized carbons (Fsp3) is 0.333. The fourth-order valence-electron chi connectivity index (χ4n) is 2.75. The molecule has 2 unspecified atom stereocenters. The zero-order valence-electron chi connectivity index (χ0n) is 10.6. The summed E-state index contributed by atoms with van der Waals surface area (Å²) in [5.41, 5.74) is 7.50. The van der Waals surface area contributed by atoms with E-state index in [1.54, 1.807) is 0 Å². The Morgan fingerprint density at radius 3 is 2.84 bits per heavy atom. The molecule has 4 heteroatoms. The highest BCUT2D eigenvalue weighted by molar-refractivity contribution is 9.10. The van der Waals surface area contributed by atoms with Crippen LogP contribution in [0.4, 0.5) is 5.69 Å². The standard InChI is InChI=1S/C15H17BrN2S/c16-12-3-1-4-14(8-12)18-9-11(7-13(17)10-18)15-5-2-6-19-15/h1-6,8,11,13H,7,9-10,17H2. The van der Waals surface area contributed by atoms with Crippen molar-refractivity contribution in [3.8, 4) is 0 Å². The van der Waals surface area contributed by atoms with Gasteiger partial charge in [-0.05, 0) is 36.1 Å². The quantitative estimate of drug-likeness (QED) is 0.902. The van der Waals surface area contributed by atoms with E-state index in [1.165, 1.54) is 10.6 Å². The number of nitrogens with zero attached hydrogens (tertiary/aromatic N) is 1. The fourth-order valence-corrected chi connectivity index (χ4v) is 3.97. The number of thiophene rings is 1. The van der Waals surface area contributed by atoms with Gasteiger partial charge in [0, 0.05) is 40.1 Å². The molecule has 2 nitrogen and oxygen atoms in total. The molecule has 1 aromatic heterocycles.